The fourth-order valence-corrected chi connectivity index (χ4v) is 2.67. The van der Waals surface area contributed by atoms with Crippen LogP contribution in [0.4, 0.5) is 17.2 Å². The standard InChI is InChI=1S/C18H17N7/c19-17-16(14-5-2-1-4-12(14)10-23-17)25-24-13-6-7-15(22-11-13)18-20-8-3-9-21-18/h1-2,4-7,10-11H,3,8-9H2,(H2,19,23)(H,20,21)/b25-24+. The predicted molar refractivity (Wildman–Crippen MR) is 98.6 cm³/mol. The number of hydrogen-bond donors (Lipinski definition) is 2. The molecule has 2 aromatic heterocycles. The number of nitrogens with one attached hydrogen (secondary N) is 1. The van der Waals surface area contributed by atoms with E-state index in [9.17, 15) is 0 Å². The highest BCUT2D eigenvalue weighted by atomic mass is 15.1. The van der Waals surface area contributed by atoms with Crippen LogP contribution in [0.3, 0.4) is 0 Å². The topological polar surface area (TPSA) is 101 Å². The fourth-order valence-electron chi connectivity index (χ4n) is 2.67. The number of azo groups is 1. The first-order valence-corrected chi connectivity index (χ1v) is 8.11. The Hall–Kier alpha value is -3.35. The Morgan fingerprint density at radius 3 is 2.72 bits per heavy atom. The van der Waals surface area contributed by atoms with Crippen molar-refractivity contribution >= 4 is 33.8 Å². The van der Waals surface area contributed by atoms with Crippen LogP contribution in [-0.2, 0) is 0 Å². The first-order chi connectivity index (χ1) is 12.3. The van der Waals surface area contributed by atoms with Gasteiger partial charge in [-0.05, 0) is 18.6 Å². The number of anilines is 1. The third kappa shape index (κ3) is 3.16. The second kappa shape index (κ2) is 6.64. The third-order valence-corrected chi connectivity index (χ3v) is 3.95. The second-order valence-corrected chi connectivity index (χ2v) is 5.69. The van der Waals surface area contributed by atoms with Gasteiger partial charge in [-0.1, -0.05) is 24.3 Å². The van der Waals surface area contributed by atoms with E-state index in [0.29, 0.717) is 17.2 Å². The highest BCUT2D eigenvalue weighted by Crippen LogP contribution is 2.31. The molecule has 3 N–H and O–H groups in total. The molecule has 25 heavy (non-hydrogen) atoms. The molecule has 3 heterocycles. The molecule has 0 radical (unpaired) electrons. The van der Waals surface area contributed by atoms with Crippen LogP contribution in [0.1, 0.15) is 12.1 Å². The third-order valence-electron chi connectivity index (χ3n) is 3.95. The van der Waals surface area contributed by atoms with Crippen molar-refractivity contribution in [3.05, 3.63) is 54.5 Å². The largest absolute Gasteiger partial charge is 0.382 e. The molecule has 0 spiro atoms. The van der Waals surface area contributed by atoms with Crippen molar-refractivity contribution in [2.75, 3.05) is 18.8 Å². The lowest BCUT2D eigenvalue weighted by molar-refractivity contribution is 0.740. The SMILES string of the molecule is Nc1ncc2ccccc2c1/N=N/c1ccc(C2=NCCCN2)nc1. The van der Waals surface area contributed by atoms with E-state index in [0.717, 1.165) is 41.8 Å². The number of aliphatic imine (C=N–C) groups is 1. The number of nitrogens with zero attached hydrogens (tertiary/aromatic N) is 5. The number of rotatable bonds is 3. The van der Waals surface area contributed by atoms with E-state index < -0.39 is 0 Å². The van der Waals surface area contributed by atoms with Crippen LogP contribution in [0, 0.1) is 0 Å². The van der Waals surface area contributed by atoms with Crippen molar-refractivity contribution in [1.82, 2.24) is 15.3 Å². The van der Waals surface area contributed by atoms with Crippen LogP contribution in [-0.4, -0.2) is 28.9 Å². The summed E-state index contributed by atoms with van der Waals surface area (Å²) in [4.78, 5) is 13.0. The first-order valence-electron chi connectivity index (χ1n) is 8.11. The van der Waals surface area contributed by atoms with E-state index in [1.807, 2.05) is 36.4 Å². The zero-order valence-electron chi connectivity index (χ0n) is 13.6. The van der Waals surface area contributed by atoms with Gasteiger partial charge in [0.15, 0.2) is 5.82 Å². The zero-order valence-corrected chi connectivity index (χ0v) is 13.6. The number of amidine groups is 1. The van der Waals surface area contributed by atoms with Crippen molar-refractivity contribution in [2.24, 2.45) is 15.2 Å². The number of hydrogen-bond acceptors (Lipinski definition) is 7. The van der Waals surface area contributed by atoms with Crippen molar-refractivity contribution < 1.29 is 0 Å². The van der Waals surface area contributed by atoms with Crippen LogP contribution < -0.4 is 11.1 Å². The molecule has 1 aliphatic heterocycles. The van der Waals surface area contributed by atoms with Crippen molar-refractivity contribution in [3.63, 3.8) is 0 Å². The molecular weight excluding hydrogens is 314 g/mol. The lowest BCUT2D eigenvalue weighted by Crippen LogP contribution is -2.30. The molecule has 7 heteroatoms. The van der Waals surface area contributed by atoms with Gasteiger partial charge in [0.2, 0.25) is 0 Å². The molecule has 7 nitrogen and oxygen atoms in total. The number of aromatic nitrogens is 2. The minimum Gasteiger partial charge on any atom is -0.382 e. The molecule has 1 aromatic carbocycles. The van der Waals surface area contributed by atoms with Gasteiger partial charge in [-0.15, -0.1) is 10.2 Å². The summed E-state index contributed by atoms with van der Waals surface area (Å²) in [5, 5.41) is 13.7. The predicted octanol–water partition coefficient (Wildman–Crippen LogP) is 3.37. The minimum absolute atomic E-state index is 0.354. The van der Waals surface area contributed by atoms with E-state index in [4.69, 9.17) is 5.73 Å². The smallest absolute Gasteiger partial charge is 0.151 e. The van der Waals surface area contributed by atoms with Gasteiger partial charge < -0.3 is 11.1 Å². The average molecular weight is 331 g/mol. The molecule has 124 valence electrons. The van der Waals surface area contributed by atoms with Crippen LogP contribution >= 0.6 is 0 Å². The summed E-state index contributed by atoms with van der Waals surface area (Å²) in [6.07, 6.45) is 4.46. The van der Waals surface area contributed by atoms with Crippen molar-refractivity contribution in [1.29, 1.82) is 0 Å². The summed E-state index contributed by atoms with van der Waals surface area (Å²) < 4.78 is 0. The number of pyridine rings is 2. The van der Waals surface area contributed by atoms with Crippen LogP contribution in [0.15, 0.2) is 64.0 Å². The zero-order chi connectivity index (χ0) is 17.1. The Morgan fingerprint density at radius 2 is 1.92 bits per heavy atom. The number of nitrogen functional groups attached to an aromatic ring is 1. The Labute approximate surface area is 144 Å². The lowest BCUT2D eigenvalue weighted by Gasteiger charge is -2.13. The van der Waals surface area contributed by atoms with Crippen molar-refractivity contribution in [2.45, 2.75) is 6.42 Å². The molecule has 0 fully saturated rings. The highest BCUT2D eigenvalue weighted by molar-refractivity contribution is 5.97. The van der Waals surface area contributed by atoms with Gasteiger partial charge in [0.25, 0.3) is 0 Å². The minimum atomic E-state index is 0.354. The van der Waals surface area contributed by atoms with E-state index in [1.54, 1.807) is 12.4 Å². The summed E-state index contributed by atoms with van der Waals surface area (Å²) in [7, 11) is 0. The van der Waals surface area contributed by atoms with Gasteiger partial charge in [0.05, 0.1) is 6.20 Å². The molecule has 0 saturated heterocycles. The van der Waals surface area contributed by atoms with Crippen LogP contribution in [0.5, 0.6) is 0 Å². The van der Waals surface area contributed by atoms with Gasteiger partial charge in [0.1, 0.15) is 22.9 Å². The quantitative estimate of drug-likeness (QED) is 0.718. The maximum atomic E-state index is 5.97. The van der Waals surface area contributed by atoms with Crippen molar-refractivity contribution in [3.8, 4) is 0 Å². The van der Waals surface area contributed by atoms with Gasteiger partial charge in [-0.2, -0.15) is 0 Å². The average Bonchev–Trinajstić information content (AvgIpc) is 2.68. The molecule has 4 rings (SSSR count). The summed E-state index contributed by atoms with van der Waals surface area (Å²) >= 11 is 0. The first kappa shape index (κ1) is 15.2. The maximum absolute atomic E-state index is 5.97. The second-order valence-electron chi connectivity index (χ2n) is 5.69. The Morgan fingerprint density at radius 1 is 1.00 bits per heavy atom. The molecule has 0 aliphatic carbocycles. The van der Waals surface area contributed by atoms with Crippen LogP contribution in [0.25, 0.3) is 10.8 Å². The molecule has 0 atom stereocenters. The number of fused-ring (bicyclic) bond motifs is 1. The highest BCUT2D eigenvalue weighted by Gasteiger charge is 2.08. The lowest BCUT2D eigenvalue weighted by atomic mass is 10.1. The molecular formula is C18H17N7. The van der Waals surface area contributed by atoms with Gasteiger partial charge in [-0.25, -0.2) is 4.98 Å². The molecule has 0 unspecified atom stereocenters. The van der Waals surface area contributed by atoms with E-state index >= 15 is 0 Å². The number of benzene rings is 1. The Bertz CT molecular complexity index is 961. The molecule has 1 aliphatic rings. The Balaban J connectivity index is 1.62. The maximum Gasteiger partial charge on any atom is 0.151 e. The van der Waals surface area contributed by atoms with Gasteiger partial charge >= 0.3 is 0 Å². The Kier molecular flexibility index (Phi) is 4.04. The molecule has 0 amide bonds. The normalized spacial score (nSPS) is 14.5. The summed E-state index contributed by atoms with van der Waals surface area (Å²) in [6, 6.07) is 11.6. The number of nitrogens with two attached hydrogens (primary N) is 1. The summed E-state index contributed by atoms with van der Waals surface area (Å²) in [5.74, 6) is 1.19. The van der Waals surface area contributed by atoms with Crippen LogP contribution in [0.2, 0.25) is 0 Å². The molecule has 0 saturated carbocycles. The monoisotopic (exact) mass is 331 g/mol. The fraction of sp³-hybridized carbons (Fsp3) is 0.167. The van der Waals surface area contributed by atoms with Gasteiger partial charge in [0, 0.05) is 30.1 Å². The van der Waals surface area contributed by atoms with E-state index in [1.165, 1.54) is 0 Å². The van der Waals surface area contributed by atoms with E-state index in [-0.39, 0.29) is 0 Å². The molecule has 0 bridgehead atoms. The summed E-state index contributed by atoms with van der Waals surface area (Å²) in [6.45, 7) is 1.76. The van der Waals surface area contributed by atoms with Gasteiger partial charge in [-0.3, -0.25) is 9.98 Å². The van der Waals surface area contributed by atoms with E-state index in [2.05, 4.69) is 30.5 Å². The summed E-state index contributed by atoms with van der Waals surface area (Å²) in [5.41, 5.74) is 7.99. The molecule has 3 aromatic rings.